The molecule has 0 unspecified atom stereocenters. The van der Waals surface area contributed by atoms with Crippen LogP contribution in [0.2, 0.25) is 0 Å². The van der Waals surface area contributed by atoms with Crippen LogP contribution in [0.5, 0.6) is 0 Å². The molecule has 0 saturated carbocycles. The Morgan fingerprint density at radius 2 is 1.92 bits per heavy atom. The molecule has 0 radical (unpaired) electrons. The number of nitrogens with zero attached hydrogens (tertiary/aromatic N) is 1. The number of amides is 1. The first-order valence-electron chi connectivity index (χ1n) is 4.09. The summed E-state index contributed by atoms with van der Waals surface area (Å²) in [5.74, 6) is -1.48. The SMILES string of the molecule is CC(C)(F)C(=O)N1CC(C(F)F)C1. The average Bonchev–Trinajstić information content (AvgIpc) is 1.80. The van der Waals surface area contributed by atoms with Gasteiger partial charge in [0.25, 0.3) is 5.91 Å². The van der Waals surface area contributed by atoms with Gasteiger partial charge in [0, 0.05) is 13.1 Å². The third-order valence-electron chi connectivity index (χ3n) is 2.06. The monoisotopic (exact) mass is 195 g/mol. The minimum absolute atomic E-state index is 0.0240. The molecule has 13 heavy (non-hydrogen) atoms. The van der Waals surface area contributed by atoms with E-state index in [4.69, 9.17) is 0 Å². The highest BCUT2D eigenvalue weighted by Crippen LogP contribution is 2.25. The van der Waals surface area contributed by atoms with Gasteiger partial charge in [-0.25, -0.2) is 13.2 Å². The summed E-state index contributed by atoms with van der Waals surface area (Å²) in [4.78, 5) is 12.2. The van der Waals surface area contributed by atoms with E-state index in [2.05, 4.69) is 0 Å². The smallest absolute Gasteiger partial charge is 0.259 e. The molecule has 0 aromatic rings. The summed E-state index contributed by atoms with van der Waals surface area (Å²) in [6.45, 7) is 2.21. The van der Waals surface area contributed by atoms with E-state index in [0.717, 1.165) is 18.7 Å². The lowest BCUT2D eigenvalue weighted by molar-refractivity contribution is -0.152. The van der Waals surface area contributed by atoms with Gasteiger partial charge in [0.05, 0.1) is 5.92 Å². The minimum Gasteiger partial charge on any atom is -0.339 e. The molecule has 0 aliphatic carbocycles. The third kappa shape index (κ3) is 2.14. The van der Waals surface area contributed by atoms with Crippen molar-refractivity contribution in [2.45, 2.75) is 25.9 Å². The van der Waals surface area contributed by atoms with E-state index in [1.807, 2.05) is 0 Å². The number of hydrogen-bond donors (Lipinski definition) is 0. The van der Waals surface area contributed by atoms with Gasteiger partial charge >= 0.3 is 0 Å². The number of halogens is 3. The van der Waals surface area contributed by atoms with Crippen LogP contribution in [0.25, 0.3) is 0 Å². The molecule has 2 nitrogen and oxygen atoms in total. The molecule has 0 N–H and O–H groups in total. The first-order valence-corrected chi connectivity index (χ1v) is 4.09. The van der Waals surface area contributed by atoms with Gasteiger partial charge in [-0.15, -0.1) is 0 Å². The molecular weight excluding hydrogens is 183 g/mol. The summed E-state index contributed by atoms with van der Waals surface area (Å²) < 4.78 is 37.0. The zero-order valence-corrected chi connectivity index (χ0v) is 7.56. The van der Waals surface area contributed by atoms with E-state index in [1.54, 1.807) is 0 Å². The van der Waals surface area contributed by atoms with Crippen molar-refractivity contribution in [2.24, 2.45) is 5.92 Å². The number of likely N-dealkylation sites (tertiary alicyclic amines) is 1. The molecule has 1 rings (SSSR count). The lowest BCUT2D eigenvalue weighted by atomic mass is 9.98. The molecule has 0 aromatic heterocycles. The predicted octanol–water partition coefficient (Wildman–Crippen LogP) is 1.46. The van der Waals surface area contributed by atoms with Crippen LogP contribution in [-0.2, 0) is 4.79 Å². The van der Waals surface area contributed by atoms with Crippen LogP contribution in [0.4, 0.5) is 13.2 Å². The van der Waals surface area contributed by atoms with Gasteiger partial charge in [0.2, 0.25) is 6.43 Å². The molecule has 0 spiro atoms. The van der Waals surface area contributed by atoms with E-state index >= 15 is 0 Å². The molecule has 1 aliphatic heterocycles. The Bertz CT molecular complexity index is 206. The largest absolute Gasteiger partial charge is 0.339 e. The maximum Gasteiger partial charge on any atom is 0.259 e. The van der Waals surface area contributed by atoms with Gasteiger partial charge in [0.1, 0.15) is 0 Å². The maximum atomic E-state index is 13.0. The van der Waals surface area contributed by atoms with Crippen LogP contribution in [0.1, 0.15) is 13.8 Å². The van der Waals surface area contributed by atoms with Gasteiger partial charge in [-0.05, 0) is 13.8 Å². The molecule has 1 aliphatic rings. The Balaban J connectivity index is 2.40. The van der Waals surface area contributed by atoms with Crippen molar-refractivity contribution in [1.29, 1.82) is 0 Å². The molecule has 1 heterocycles. The van der Waals surface area contributed by atoms with Crippen LogP contribution in [0.3, 0.4) is 0 Å². The van der Waals surface area contributed by atoms with Crippen molar-refractivity contribution in [3.8, 4) is 0 Å². The fraction of sp³-hybridized carbons (Fsp3) is 0.875. The lowest BCUT2D eigenvalue weighted by Crippen LogP contribution is -2.56. The molecule has 1 fully saturated rings. The molecule has 0 aromatic carbocycles. The van der Waals surface area contributed by atoms with Gasteiger partial charge in [-0.3, -0.25) is 4.79 Å². The van der Waals surface area contributed by atoms with Gasteiger partial charge in [-0.1, -0.05) is 0 Å². The number of carbonyl (C=O) groups excluding carboxylic acids is 1. The normalized spacial score (nSPS) is 19.1. The van der Waals surface area contributed by atoms with Crippen LogP contribution < -0.4 is 0 Å². The third-order valence-corrected chi connectivity index (χ3v) is 2.06. The molecule has 0 bridgehead atoms. The Hall–Kier alpha value is -0.740. The second kappa shape index (κ2) is 3.20. The quantitative estimate of drug-likeness (QED) is 0.653. The van der Waals surface area contributed by atoms with E-state index in [1.165, 1.54) is 0 Å². The first kappa shape index (κ1) is 10.3. The maximum absolute atomic E-state index is 13.0. The van der Waals surface area contributed by atoms with E-state index < -0.39 is 23.9 Å². The van der Waals surface area contributed by atoms with Crippen molar-refractivity contribution in [3.05, 3.63) is 0 Å². The van der Waals surface area contributed by atoms with Crippen molar-refractivity contribution in [3.63, 3.8) is 0 Å². The second-order valence-corrected chi connectivity index (χ2v) is 3.78. The topological polar surface area (TPSA) is 20.3 Å². The van der Waals surface area contributed by atoms with Gasteiger partial charge < -0.3 is 4.90 Å². The van der Waals surface area contributed by atoms with Crippen molar-refractivity contribution in [1.82, 2.24) is 4.90 Å². The minimum atomic E-state index is -2.41. The predicted molar refractivity (Wildman–Crippen MR) is 41.3 cm³/mol. The standard InChI is InChI=1S/C8H12F3NO/c1-8(2,11)7(13)12-3-5(4-12)6(9)10/h5-6H,3-4H2,1-2H3. The van der Waals surface area contributed by atoms with Crippen LogP contribution in [-0.4, -0.2) is 36.0 Å². The Labute approximate surface area is 74.7 Å². The Kier molecular flexibility index (Phi) is 2.54. The molecule has 5 heteroatoms. The number of hydrogen-bond acceptors (Lipinski definition) is 1. The number of rotatable bonds is 2. The fourth-order valence-electron chi connectivity index (χ4n) is 1.21. The summed E-state index contributed by atoms with van der Waals surface area (Å²) in [6.07, 6.45) is -2.41. The second-order valence-electron chi connectivity index (χ2n) is 3.78. The van der Waals surface area contributed by atoms with Crippen molar-refractivity contribution >= 4 is 5.91 Å². The Morgan fingerprint density at radius 3 is 2.23 bits per heavy atom. The first-order chi connectivity index (χ1) is 5.82. The number of carbonyl (C=O) groups is 1. The molecule has 1 saturated heterocycles. The molecular formula is C8H12F3NO. The van der Waals surface area contributed by atoms with Crippen molar-refractivity contribution < 1.29 is 18.0 Å². The zero-order valence-electron chi connectivity index (χ0n) is 7.56. The zero-order chi connectivity index (χ0) is 10.2. The van der Waals surface area contributed by atoms with E-state index in [9.17, 15) is 18.0 Å². The van der Waals surface area contributed by atoms with Gasteiger partial charge in [0.15, 0.2) is 5.67 Å². The van der Waals surface area contributed by atoms with E-state index in [0.29, 0.717) is 0 Å². The molecule has 0 atom stereocenters. The van der Waals surface area contributed by atoms with Crippen LogP contribution in [0, 0.1) is 5.92 Å². The van der Waals surface area contributed by atoms with Crippen LogP contribution >= 0.6 is 0 Å². The highest BCUT2D eigenvalue weighted by atomic mass is 19.3. The molecule has 76 valence electrons. The van der Waals surface area contributed by atoms with Gasteiger partial charge in [-0.2, -0.15) is 0 Å². The summed E-state index contributed by atoms with van der Waals surface area (Å²) >= 11 is 0. The van der Waals surface area contributed by atoms with Crippen LogP contribution in [0.15, 0.2) is 0 Å². The van der Waals surface area contributed by atoms with E-state index in [-0.39, 0.29) is 13.1 Å². The van der Waals surface area contributed by atoms with Crippen molar-refractivity contribution in [2.75, 3.05) is 13.1 Å². The fourth-order valence-corrected chi connectivity index (χ4v) is 1.21. The summed E-state index contributed by atoms with van der Waals surface area (Å²) in [5, 5.41) is 0. The number of alkyl halides is 3. The Morgan fingerprint density at radius 1 is 1.46 bits per heavy atom. The highest BCUT2D eigenvalue weighted by Gasteiger charge is 2.41. The highest BCUT2D eigenvalue weighted by molar-refractivity contribution is 5.84. The molecule has 1 amide bonds. The summed E-state index contributed by atoms with van der Waals surface area (Å²) in [7, 11) is 0. The lowest BCUT2D eigenvalue weighted by Gasteiger charge is -2.40. The summed E-state index contributed by atoms with van der Waals surface area (Å²) in [5.41, 5.74) is -1.95. The average molecular weight is 195 g/mol. The summed E-state index contributed by atoms with van der Waals surface area (Å²) in [6, 6.07) is 0.